The highest BCUT2D eigenvalue weighted by Crippen LogP contribution is 2.29. The first-order valence-electron chi connectivity index (χ1n) is 10.2. The molecule has 0 saturated heterocycles. The van der Waals surface area contributed by atoms with Gasteiger partial charge in [0.2, 0.25) is 5.91 Å². The van der Waals surface area contributed by atoms with Crippen LogP contribution in [0.15, 0.2) is 52.9 Å². The number of rotatable bonds is 10. The number of aryl methyl sites for hydroxylation is 1. The molecule has 0 unspecified atom stereocenters. The van der Waals surface area contributed by atoms with Crippen LogP contribution in [-0.4, -0.2) is 53.1 Å². The van der Waals surface area contributed by atoms with Crippen LogP contribution in [0.5, 0.6) is 0 Å². The van der Waals surface area contributed by atoms with Crippen molar-refractivity contribution >= 4 is 56.8 Å². The van der Waals surface area contributed by atoms with Gasteiger partial charge >= 0.3 is 5.97 Å². The molecule has 1 heterocycles. The smallest absolute Gasteiger partial charge is 0.316 e. The normalized spacial score (nSPS) is 10.7. The Balaban J connectivity index is 1.46. The molecular formula is C23H25N3O4S2. The van der Waals surface area contributed by atoms with E-state index in [9.17, 15) is 14.4 Å². The Bertz CT molecular complexity index is 1070. The van der Waals surface area contributed by atoms with E-state index >= 15 is 0 Å². The number of hydrogen-bond donors (Lipinski definition) is 1. The van der Waals surface area contributed by atoms with Crippen molar-refractivity contribution in [1.82, 2.24) is 9.88 Å². The first-order valence-corrected chi connectivity index (χ1v) is 12.0. The van der Waals surface area contributed by atoms with Crippen molar-refractivity contribution in [3.8, 4) is 0 Å². The van der Waals surface area contributed by atoms with Gasteiger partial charge < -0.3 is 15.0 Å². The summed E-state index contributed by atoms with van der Waals surface area (Å²) < 4.78 is 6.97. The summed E-state index contributed by atoms with van der Waals surface area (Å²) in [6.45, 7) is 3.73. The van der Waals surface area contributed by atoms with E-state index in [1.807, 2.05) is 62.4 Å². The molecule has 0 bridgehead atoms. The molecule has 7 nitrogen and oxygen atoms in total. The summed E-state index contributed by atoms with van der Waals surface area (Å²) >= 11 is 2.79. The summed E-state index contributed by atoms with van der Waals surface area (Å²) in [5, 5.41) is 2.82. The zero-order chi connectivity index (χ0) is 22.9. The Labute approximate surface area is 195 Å². The van der Waals surface area contributed by atoms with Crippen molar-refractivity contribution in [2.24, 2.45) is 0 Å². The maximum Gasteiger partial charge on any atom is 0.316 e. The van der Waals surface area contributed by atoms with Crippen LogP contribution in [0.25, 0.3) is 10.2 Å². The molecule has 2 aromatic carbocycles. The van der Waals surface area contributed by atoms with Gasteiger partial charge in [0.05, 0.1) is 22.5 Å². The third-order valence-electron chi connectivity index (χ3n) is 4.54. The van der Waals surface area contributed by atoms with Gasteiger partial charge in [-0.15, -0.1) is 11.3 Å². The van der Waals surface area contributed by atoms with E-state index in [4.69, 9.17) is 4.74 Å². The molecule has 1 N–H and O–H groups in total. The second-order valence-corrected chi connectivity index (χ2v) is 9.33. The minimum atomic E-state index is -0.497. The van der Waals surface area contributed by atoms with Crippen LogP contribution in [0, 0.1) is 6.92 Å². The number of thioether (sulfide) groups is 1. The third-order valence-corrected chi connectivity index (χ3v) is 6.70. The van der Waals surface area contributed by atoms with Crippen molar-refractivity contribution in [3.05, 3.63) is 54.1 Å². The zero-order valence-electron chi connectivity index (χ0n) is 18.0. The number of amides is 2. The molecule has 0 saturated carbocycles. The van der Waals surface area contributed by atoms with Gasteiger partial charge in [0, 0.05) is 12.2 Å². The van der Waals surface area contributed by atoms with E-state index in [1.54, 1.807) is 0 Å². The topological polar surface area (TPSA) is 88.6 Å². The summed E-state index contributed by atoms with van der Waals surface area (Å²) in [6.07, 6.45) is 0.685. The Morgan fingerprint density at radius 2 is 1.88 bits per heavy atom. The highest BCUT2D eigenvalue weighted by atomic mass is 32.2. The second kappa shape index (κ2) is 11.6. The molecule has 0 spiro atoms. The summed E-state index contributed by atoms with van der Waals surface area (Å²) in [6, 6.07) is 15.2. The standard InChI is InChI=1S/C23H25N3O4S2/c1-3-12-26(13-20(27)24-17-9-5-4-8-16(17)2)21(28)14-30-22(29)15-31-23-25-18-10-6-7-11-19(18)32-23/h4-11H,3,12-15H2,1-2H3,(H,24,27). The number of carbonyl (C=O) groups is 3. The number of carbonyl (C=O) groups excluding carboxylic acids is 3. The highest BCUT2D eigenvalue weighted by Gasteiger charge is 2.19. The molecular weight excluding hydrogens is 446 g/mol. The van der Waals surface area contributed by atoms with E-state index in [0.717, 1.165) is 20.1 Å². The van der Waals surface area contributed by atoms with Crippen LogP contribution in [0.3, 0.4) is 0 Å². The number of aromatic nitrogens is 1. The average Bonchev–Trinajstić information content (AvgIpc) is 3.20. The minimum absolute atomic E-state index is 0.0641. The van der Waals surface area contributed by atoms with Crippen LogP contribution in [0.4, 0.5) is 5.69 Å². The van der Waals surface area contributed by atoms with Gasteiger partial charge in [-0.25, -0.2) is 4.98 Å². The van der Waals surface area contributed by atoms with Gasteiger partial charge in [-0.3, -0.25) is 14.4 Å². The maximum absolute atomic E-state index is 12.5. The van der Waals surface area contributed by atoms with Gasteiger partial charge in [-0.1, -0.05) is 49.0 Å². The van der Waals surface area contributed by atoms with E-state index in [-0.39, 0.29) is 18.2 Å². The Hall–Kier alpha value is -2.91. The van der Waals surface area contributed by atoms with Gasteiger partial charge in [0.1, 0.15) is 0 Å². The molecule has 3 rings (SSSR count). The van der Waals surface area contributed by atoms with Crippen LogP contribution in [-0.2, 0) is 19.1 Å². The summed E-state index contributed by atoms with van der Waals surface area (Å²) in [7, 11) is 0. The third kappa shape index (κ3) is 6.80. The molecule has 3 aromatic rings. The van der Waals surface area contributed by atoms with Crippen LogP contribution in [0.2, 0.25) is 0 Å². The summed E-state index contributed by atoms with van der Waals surface area (Å²) in [4.78, 5) is 42.9. The number of para-hydroxylation sites is 2. The van der Waals surface area contributed by atoms with E-state index in [0.29, 0.717) is 18.7 Å². The molecule has 0 aliphatic carbocycles. The van der Waals surface area contributed by atoms with Crippen molar-refractivity contribution < 1.29 is 19.1 Å². The lowest BCUT2D eigenvalue weighted by atomic mass is 10.2. The lowest BCUT2D eigenvalue weighted by Gasteiger charge is -2.21. The second-order valence-electron chi connectivity index (χ2n) is 7.08. The molecule has 1 aromatic heterocycles. The van der Waals surface area contributed by atoms with Gasteiger partial charge in [0.25, 0.3) is 5.91 Å². The molecule has 2 amide bonds. The Morgan fingerprint density at radius 1 is 1.12 bits per heavy atom. The largest absolute Gasteiger partial charge is 0.455 e. The molecule has 168 valence electrons. The highest BCUT2D eigenvalue weighted by molar-refractivity contribution is 8.01. The fraction of sp³-hybridized carbons (Fsp3) is 0.304. The first kappa shape index (κ1) is 23.7. The first-order chi connectivity index (χ1) is 15.5. The number of esters is 1. The Kier molecular flexibility index (Phi) is 8.64. The fourth-order valence-corrected chi connectivity index (χ4v) is 4.81. The maximum atomic E-state index is 12.5. The van der Waals surface area contributed by atoms with E-state index in [2.05, 4.69) is 10.3 Å². The number of nitrogens with zero attached hydrogens (tertiary/aromatic N) is 2. The Morgan fingerprint density at radius 3 is 2.62 bits per heavy atom. The van der Waals surface area contributed by atoms with Crippen molar-refractivity contribution in [1.29, 1.82) is 0 Å². The fourth-order valence-electron chi connectivity index (χ4n) is 2.95. The average molecular weight is 472 g/mol. The van der Waals surface area contributed by atoms with Crippen LogP contribution in [0.1, 0.15) is 18.9 Å². The molecule has 0 atom stereocenters. The monoisotopic (exact) mass is 471 g/mol. The molecule has 32 heavy (non-hydrogen) atoms. The number of hydrogen-bond acceptors (Lipinski definition) is 7. The molecule has 0 aliphatic heterocycles. The van der Waals surface area contributed by atoms with E-state index in [1.165, 1.54) is 28.0 Å². The van der Waals surface area contributed by atoms with E-state index < -0.39 is 18.5 Å². The number of benzene rings is 2. The molecule has 0 radical (unpaired) electrons. The molecule has 0 aliphatic rings. The SMILES string of the molecule is CCCN(CC(=O)Nc1ccccc1C)C(=O)COC(=O)CSc1nc2ccccc2s1. The lowest BCUT2D eigenvalue weighted by Crippen LogP contribution is -2.41. The number of thiazole rings is 1. The van der Waals surface area contributed by atoms with Crippen LogP contribution < -0.4 is 5.32 Å². The molecule has 0 fully saturated rings. The number of nitrogens with one attached hydrogen (secondary N) is 1. The van der Waals surface area contributed by atoms with Crippen molar-refractivity contribution in [2.45, 2.75) is 24.6 Å². The zero-order valence-corrected chi connectivity index (χ0v) is 19.6. The molecule has 9 heteroatoms. The summed E-state index contributed by atoms with van der Waals surface area (Å²) in [5.74, 6) is -1.12. The van der Waals surface area contributed by atoms with Gasteiger partial charge in [-0.2, -0.15) is 0 Å². The quantitative estimate of drug-likeness (QED) is 0.354. The van der Waals surface area contributed by atoms with Crippen LogP contribution >= 0.6 is 23.1 Å². The number of fused-ring (bicyclic) bond motifs is 1. The van der Waals surface area contributed by atoms with Gasteiger partial charge in [0.15, 0.2) is 10.9 Å². The number of ether oxygens (including phenoxy) is 1. The van der Waals surface area contributed by atoms with Gasteiger partial charge in [-0.05, 0) is 37.1 Å². The lowest BCUT2D eigenvalue weighted by molar-refractivity contribution is -0.150. The number of anilines is 1. The minimum Gasteiger partial charge on any atom is -0.455 e. The summed E-state index contributed by atoms with van der Waals surface area (Å²) in [5.41, 5.74) is 2.54. The van der Waals surface area contributed by atoms with Crippen molar-refractivity contribution in [2.75, 3.05) is 30.8 Å². The predicted octanol–water partition coefficient (Wildman–Crippen LogP) is 4.12. The predicted molar refractivity (Wildman–Crippen MR) is 128 cm³/mol. The van der Waals surface area contributed by atoms with Crippen molar-refractivity contribution in [3.63, 3.8) is 0 Å².